The number of aryl methyl sites for hydroxylation is 1. The van der Waals surface area contributed by atoms with Crippen molar-refractivity contribution in [1.29, 1.82) is 0 Å². The van der Waals surface area contributed by atoms with Gasteiger partial charge in [0.2, 0.25) is 0 Å². The molecule has 0 spiro atoms. The number of ether oxygens (including phenoxy) is 2. The molecule has 3 rings (SSSR count). The first-order chi connectivity index (χ1) is 17.6. The first kappa shape index (κ1) is 28.2. The molecule has 3 aromatic rings. The lowest BCUT2D eigenvalue weighted by Crippen LogP contribution is -2.33. The number of hydrogen-bond acceptors (Lipinski definition) is 7. The maximum Gasteiger partial charge on any atom is 0.341 e. The molecule has 0 bridgehead atoms. The van der Waals surface area contributed by atoms with Gasteiger partial charge in [0.25, 0.3) is 11.8 Å². The van der Waals surface area contributed by atoms with Gasteiger partial charge in [-0.05, 0) is 69.7 Å². The van der Waals surface area contributed by atoms with E-state index in [4.69, 9.17) is 32.7 Å². The number of nitrogens with zero attached hydrogens (tertiary/aromatic N) is 1. The van der Waals surface area contributed by atoms with Crippen molar-refractivity contribution in [3.8, 4) is 5.75 Å². The Bertz CT molecular complexity index is 1340. The van der Waals surface area contributed by atoms with Gasteiger partial charge in [0.15, 0.2) is 6.10 Å². The maximum absolute atomic E-state index is 12.8. The van der Waals surface area contributed by atoms with Crippen molar-refractivity contribution in [3.05, 3.63) is 79.6 Å². The van der Waals surface area contributed by atoms with E-state index in [0.717, 1.165) is 10.4 Å². The van der Waals surface area contributed by atoms with Crippen LogP contribution < -0.4 is 15.5 Å². The van der Waals surface area contributed by atoms with E-state index >= 15 is 0 Å². The zero-order chi connectivity index (χ0) is 27.1. The molecule has 0 aliphatic heterocycles. The summed E-state index contributed by atoms with van der Waals surface area (Å²) in [6.45, 7) is 7.22. The molecule has 8 nitrogen and oxygen atoms in total. The minimum atomic E-state index is -0.860. The van der Waals surface area contributed by atoms with Gasteiger partial charge < -0.3 is 14.8 Å². The lowest BCUT2D eigenvalue weighted by molar-refractivity contribution is -0.127. The van der Waals surface area contributed by atoms with Crippen molar-refractivity contribution in [1.82, 2.24) is 5.43 Å². The first-order valence-electron chi connectivity index (χ1n) is 11.2. The highest BCUT2D eigenvalue weighted by Gasteiger charge is 2.22. The largest absolute Gasteiger partial charge is 0.481 e. The molecule has 37 heavy (non-hydrogen) atoms. The molecule has 11 heteroatoms. The quantitative estimate of drug-likeness (QED) is 0.189. The smallest absolute Gasteiger partial charge is 0.341 e. The summed E-state index contributed by atoms with van der Waals surface area (Å²) in [4.78, 5) is 38.4. The van der Waals surface area contributed by atoms with Crippen molar-refractivity contribution in [2.75, 3.05) is 11.9 Å². The average molecular weight is 562 g/mol. The van der Waals surface area contributed by atoms with E-state index in [1.807, 2.05) is 13.8 Å². The topological polar surface area (TPSA) is 106 Å². The number of rotatable bonds is 9. The predicted molar refractivity (Wildman–Crippen MR) is 146 cm³/mol. The molecular weight excluding hydrogens is 537 g/mol. The number of amides is 2. The van der Waals surface area contributed by atoms with Crippen LogP contribution in [0.25, 0.3) is 0 Å². The second-order valence-electron chi connectivity index (χ2n) is 7.85. The Balaban J connectivity index is 1.59. The molecule has 0 saturated carbocycles. The molecular formula is C26H25Cl2N3O5S. The Morgan fingerprint density at radius 1 is 1.11 bits per heavy atom. The Labute approximate surface area is 228 Å². The van der Waals surface area contributed by atoms with Crippen LogP contribution in [0.1, 0.15) is 50.6 Å². The van der Waals surface area contributed by atoms with Crippen LogP contribution in [0.3, 0.4) is 0 Å². The summed E-state index contributed by atoms with van der Waals surface area (Å²) in [5, 5.41) is 8.02. The molecule has 194 valence electrons. The highest BCUT2D eigenvalue weighted by molar-refractivity contribution is 7.16. The lowest BCUT2D eigenvalue weighted by Gasteiger charge is -2.13. The summed E-state index contributed by atoms with van der Waals surface area (Å²) in [6.07, 6.45) is 0.544. The van der Waals surface area contributed by atoms with E-state index in [-0.39, 0.29) is 12.5 Å². The molecule has 0 saturated heterocycles. The number of nitrogens with one attached hydrogen (secondary N) is 2. The summed E-state index contributed by atoms with van der Waals surface area (Å²) in [5.74, 6) is -0.951. The molecule has 2 aromatic carbocycles. The van der Waals surface area contributed by atoms with Crippen LogP contribution in [0.4, 0.5) is 5.00 Å². The minimum Gasteiger partial charge on any atom is -0.481 e. The molecule has 0 radical (unpaired) electrons. The van der Waals surface area contributed by atoms with Gasteiger partial charge in [-0.3, -0.25) is 9.59 Å². The van der Waals surface area contributed by atoms with Crippen LogP contribution in [-0.2, 0) is 9.53 Å². The van der Waals surface area contributed by atoms with Gasteiger partial charge in [-0.15, -0.1) is 11.3 Å². The predicted octanol–water partition coefficient (Wildman–Crippen LogP) is 6.02. The molecule has 2 amide bonds. The van der Waals surface area contributed by atoms with Crippen LogP contribution in [0.2, 0.25) is 10.0 Å². The summed E-state index contributed by atoms with van der Waals surface area (Å²) in [5.41, 5.74) is 4.47. The number of carbonyl (C=O) groups excluding carboxylic acids is 3. The number of thiophene rings is 1. The normalized spacial score (nSPS) is 11.7. The van der Waals surface area contributed by atoms with E-state index < -0.39 is 18.0 Å². The third-order valence-corrected chi connectivity index (χ3v) is 6.92. The Kier molecular flexibility index (Phi) is 9.68. The maximum atomic E-state index is 12.8. The van der Waals surface area contributed by atoms with Crippen molar-refractivity contribution < 1.29 is 23.9 Å². The highest BCUT2D eigenvalue weighted by Crippen LogP contribution is 2.33. The first-order valence-corrected chi connectivity index (χ1v) is 12.8. The van der Waals surface area contributed by atoms with Crippen molar-refractivity contribution in [3.63, 3.8) is 0 Å². The minimum absolute atomic E-state index is 0.238. The molecule has 0 aliphatic carbocycles. The van der Waals surface area contributed by atoms with Gasteiger partial charge in [0.05, 0.1) is 23.4 Å². The molecule has 0 aliphatic rings. The highest BCUT2D eigenvalue weighted by atomic mass is 35.5. The van der Waals surface area contributed by atoms with Crippen LogP contribution in [0.15, 0.2) is 47.6 Å². The summed E-state index contributed by atoms with van der Waals surface area (Å²) in [7, 11) is 0. The molecule has 1 heterocycles. The van der Waals surface area contributed by atoms with Crippen molar-refractivity contribution in [2.24, 2.45) is 5.10 Å². The Morgan fingerprint density at radius 3 is 2.46 bits per heavy atom. The molecule has 1 aromatic heterocycles. The van der Waals surface area contributed by atoms with E-state index in [0.29, 0.717) is 37.5 Å². The number of anilines is 1. The van der Waals surface area contributed by atoms with Gasteiger partial charge >= 0.3 is 5.97 Å². The average Bonchev–Trinajstić information content (AvgIpc) is 3.13. The van der Waals surface area contributed by atoms with Gasteiger partial charge in [-0.2, -0.15) is 5.10 Å². The molecule has 2 N–H and O–H groups in total. The Hall–Kier alpha value is -3.40. The van der Waals surface area contributed by atoms with Gasteiger partial charge in [-0.25, -0.2) is 10.2 Å². The van der Waals surface area contributed by atoms with E-state index in [1.54, 1.807) is 56.3 Å². The monoisotopic (exact) mass is 561 g/mol. The number of benzene rings is 2. The van der Waals surface area contributed by atoms with E-state index in [2.05, 4.69) is 15.8 Å². The standard InChI is InChI=1S/C26H25Cl2N3O5S/c1-5-35-26(34)22-14(2)16(4)37-25(22)30-24(33)17-7-10-20(11-8-17)36-15(3)23(32)31-29-13-18-6-9-19(27)12-21(18)28/h6-13,15H,5H2,1-4H3,(H,30,33)(H,31,32)/b29-13-/t15-/m1/s1. The number of hydrazone groups is 1. The van der Waals surface area contributed by atoms with Gasteiger partial charge in [0, 0.05) is 21.0 Å². The van der Waals surface area contributed by atoms with Gasteiger partial charge in [0.1, 0.15) is 10.8 Å². The summed E-state index contributed by atoms with van der Waals surface area (Å²) < 4.78 is 10.8. The van der Waals surface area contributed by atoms with Crippen molar-refractivity contribution >= 4 is 63.5 Å². The third-order valence-electron chi connectivity index (χ3n) is 5.23. The number of carbonyl (C=O) groups is 3. The lowest BCUT2D eigenvalue weighted by atomic mass is 10.1. The SMILES string of the molecule is CCOC(=O)c1c(NC(=O)c2ccc(O[C@H](C)C(=O)N/N=C\c3ccc(Cl)cc3Cl)cc2)sc(C)c1C. The molecule has 0 unspecified atom stereocenters. The summed E-state index contributed by atoms with van der Waals surface area (Å²) in [6, 6.07) is 11.2. The number of esters is 1. The second kappa shape index (κ2) is 12.7. The van der Waals surface area contributed by atoms with E-state index in [9.17, 15) is 14.4 Å². The Morgan fingerprint density at radius 2 is 1.81 bits per heavy atom. The van der Waals surface area contributed by atoms with Crippen LogP contribution in [-0.4, -0.2) is 36.7 Å². The van der Waals surface area contributed by atoms with E-state index in [1.165, 1.54) is 17.6 Å². The second-order valence-corrected chi connectivity index (χ2v) is 9.91. The molecule has 1 atom stereocenters. The fourth-order valence-corrected chi connectivity index (χ4v) is 4.65. The fraction of sp³-hybridized carbons (Fsp3) is 0.231. The third kappa shape index (κ3) is 7.31. The zero-order valence-corrected chi connectivity index (χ0v) is 22.9. The fourth-order valence-electron chi connectivity index (χ4n) is 3.14. The number of halogens is 2. The van der Waals surface area contributed by atoms with Crippen LogP contribution in [0.5, 0.6) is 5.75 Å². The number of hydrogen-bond donors (Lipinski definition) is 2. The van der Waals surface area contributed by atoms with Crippen LogP contribution >= 0.6 is 34.5 Å². The molecule has 0 fully saturated rings. The van der Waals surface area contributed by atoms with Gasteiger partial charge in [-0.1, -0.05) is 29.3 Å². The summed E-state index contributed by atoms with van der Waals surface area (Å²) >= 11 is 13.3. The van der Waals surface area contributed by atoms with Crippen molar-refractivity contribution in [2.45, 2.75) is 33.8 Å². The zero-order valence-electron chi connectivity index (χ0n) is 20.6. The van der Waals surface area contributed by atoms with Crippen LogP contribution in [0, 0.1) is 13.8 Å².